The van der Waals surface area contributed by atoms with Crippen LogP contribution in [-0.4, -0.2) is 24.5 Å². The summed E-state index contributed by atoms with van der Waals surface area (Å²) in [5.74, 6) is 1.87. The molecule has 10 aromatic rings. The molecule has 0 amide bonds. The van der Waals surface area contributed by atoms with Gasteiger partial charge in [-0.3, -0.25) is 4.98 Å². The second-order valence-electron chi connectivity index (χ2n) is 13.1. The van der Waals surface area contributed by atoms with E-state index in [1.54, 1.807) is 6.20 Å². The molecule has 0 fully saturated rings. The molecule has 3 heterocycles. The van der Waals surface area contributed by atoms with Gasteiger partial charge in [0.15, 0.2) is 17.5 Å². The van der Waals surface area contributed by atoms with E-state index < -0.39 is 0 Å². The van der Waals surface area contributed by atoms with Gasteiger partial charge in [0, 0.05) is 33.7 Å². The van der Waals surface area contributed by atoms with Crippen molar-refractivity contribution in [1.29, 1.82) is 5.26 Å². The highest BCUT2D eigenvalue weighted by Crippen LogP contribution is 2.37. The summed E-state index contributed by atoms with van der Waals surface area (Å²) in [4.78, 5) is 19.7. The normalized spacial score (nSPS) is 11.4. The largest absolute Gasteiger partial charge is 0.308 e. The quantitative estimate of drug-likeness (QED) is 0.181. The van der Waals surface area contributed by atoms with Crippen molar-refractivity contribution in [3.63, 3.8) is 0 Å². The van der Waals surface area contributed by atoms with Crippen molar-refractivity contribution in [2.24, 2.45) is 0 Å². The van der Waals surface area contributed by atoms with Crippen molar-refractivity contribution in [2.75, 3.05) is 0 Å². The van der Waals surface area contributed by atoms with Crippen molar-refractivity contribution >= 4 is 43.4 Å². The minimum Gasteiger partial charge on any atom is -0.308 e. The van der Waals surface area contributed by atoms with E-state index in [2.05, 4.69) is 137 Å². The van der Waals surface area contributed by atoms with Gasteiger partial charge in [-0.05, 0) is 75.1 Å². The van der Waals surface area contributed by atoms with Crippen LogP contribution in [0.25, 0.3) is 94.3 Å². The zero-order valence-electron chi connectivity index (χ0n) is 28.3. The molecular formula is C47H28N6. The maximum Gasteiger partial charge on any atom is 0.164 e. The standard InChI is InChI=1S/C47H28N6/c48-28-30-17-23-43-41(26-30)42-27-35(22-24-44(42)53(43)36-12-7-25-49-29-36)31-18-20-34(21-19-31)45-50-46(39-15-5-10-32-8-1-3-13-37(32)39)52-47(51-45)40-16-6-11-33-9-2-4-14-38(33)40/h1-27,29H. The lowest BCUT2D eigenvalue weighted by Crippen LogP contribution is -2.01. The number of nitrogens with zero attached hydrogens (tertiary/aromatic N) is 6. The lowest BCUT2D eigenvalue weighted by Gasteiger charge is -2.12. The molecule has 6 nitrogen and oxygen atoms in total. The van der Waals surface area contributed by atoms with Gasteiger partial charge in [0.2, 0.25) is 0 Å². The SMILES string of the molecule is N#Cc1ccc2c(c1)c1cc(-c3ccc(-c4nc(-c5cccc6ccccc56)nc(-c5cccc6ccccc56)n4)cc3)ccc1n2-c1cccnc1. The van der Waals surface area contributed by atoms with Gasteiger partial charge in [-0.15, -0.1) is 0 Å². The van der Waals surface area contributed by atoms with Gasteiger partial charge in [-0.1, -0.05) is 115 Å². The predicted octanol–water partition coefficient (Wildman–Crippen LogP) is 11.2. The Morgan fingerprint density at radius 3 is 1.66 bits per heavy atom. The molecule has 0 aliphatic rings. The fraction of sp³-hybridized carbons (Fsp3) is 0. The van der Waals surface area contributed by atoms with Gasteiger partial charge < -0.3 is 4.57 Å². The predicted molar refractivity (Wildman–Crippen MR) is 213 cm³/mol. The zero-order valence-corrected chi connectivity index (χ0v) is 28.3. The van der Waals surface area contributed by atoms with E-state index >= 15 is 0 Å². The molecule has 0 saturated heterocycles. The smallest absolute Gasteiger partial charge is 0.164 e. The monoisotopic (exact) mass is 676 g/mol. The van der Waals surface area contributed by atoms with Crippen molar-refractivity contribution in [3.8, 4) is 57.0 Å². The van der Waals surface area contributed by atoms with E-state index in [0.29, 0.717) is 23.0 Å². The van der Waals surface area contributed by atoms with Crippen LogP contribution < -0.4 is 0 Å². The third-order valence-electron chi connectivity index (χ3n) is 9.97. The minimum absolute atomic E-state index is 0.608. The van der Waals surface area contributed by atoms with Crippen LogP contribution in [0.2, 0.25) is 0 Å². The molecule has 0 radical (unpaired) electrons. The van der Waals surface area contributed by atoms with Gasteiger partial charge in [-0.25, -0.2) is 15.0 Å². The highest BCUT2D eigenvalue weighted by Gasteiger charge is 2.17. The first kappa shape index (κ1) is 30.3. The molecule has 0 atom stereocenters. The lowest BCUT2D eigenvalue weighted by molar-refractivity contribution is 1.08. The summed E-state index contributed by atoms with van der Waals surface area (Å²) in [5.41, 5.74) is 8.62. The van der Waals surface area contributed by atoms with Gasteiger partial charge in [0.1, 0.15) is 0 Å². The Labute approximate surface area is 304 Å². The first-order valence-electron chi connectivity index (χ1n) is 17.4. The summed E-state index contributed by atoms with van der Waals surface area (Å²) in [6, 6.07) is 56.2. The summed E-state index contributed by atoms with van der Waals surface area (Å²) < 4.78 is 2.20. The molecule has 246 valence electrons. The molecular weight excluding hydrogens is 649 g/mol. The van der Waals surface area contributed by atoms with E-state index in [1.807, 2.05) is 42.6 Å². The number of fused-ring (bicyclic) bond motifs is 5. The molecule has 7 aromatic carbocycles. The number of hydrogen-bond donors (Lipinski definition) is 0. The number of aromatic nitrogens is 5. The Kier molecular flexibility index (Phi) is 7.09. The van der Waals surface area contributed by atoms with Crippen LogP contribution in [0.3, 0.4) is 0 Å². The Balaban J connectivity index is 1.11. The summed E-state index contributed by atoms with van der Waals surface area (Å²) in [6.45, 7) is 0. The molecule has 0 aliphatic carbocycles. The average molecular weight is 677 g/mol. The van der Waals surface area contributed by atoms with Gasteiger partial charge in [0.25, 0.3) is 0 Å². The first-order chi connectivity index (χ1) is 26.2. The highest BCUT2D eigenvalue weighted by molar-refractivity contribution is 6.11. The molecule has 6 heteroatoms. The third-order valence-corrected chi connectivity index (χ3v) is 9.97. The van der Waals surface area contributed by atoms with E-state index in [-0.39, 0.29) is 0 Å². The maximum atomic E-state index is 9.72. The second kappa shape index (κ2) is 12.4. The van der Waals surface area contributed by atoms with Gasteiger partial charge >= 0.3 is 0 Å². The molecule has 10 rings (SSSR count). The van der Waals surface area contributed by atoms with Crippen LogP contribution in [0.5, 0.6) is 0 Å². The molecule has 3 aromatic heterocycles. The Hall–Kier alpha value is -7.49. The summed E-state index contributed by atoms with van der Waals surface area (Å²) in [6.07, 6.45) is 3.64. The number of rotatable bonds is 5. The van der Waals surface area contributed by atoms with E-state index in [4.69, 9.17) is 15.0 Å². The van der Waals surface area contributed by atoms with Crippen molar-refractivity contribution < 1.29 is 0 Å². The topological polar surface area (TPSA) is 80.3 Å². The molecule has 0 N–H and O–H groups in total. The number of pyridine rings is 1. The lowest BCUT2D eigenvalue weighted by atomic mass is 10.0. The van der Waals surface area contributed by atoms with E-state index in [0.717, 1.165) is 76.9 Å². The van der Waals surface area contributed by atoms with E-state index in [1.165, 1.54) is 0 Å². The fourth-order valence-electron chi connectivity index (χ4n) is 7.44. The molecule has 53 heavy (non-hydrogen) atoms. The number of hydrogen-bond acceptors (Lipinski definition) is 5. The minimum atomic E-state index is 0.608. The Bertz CT molecular complexity index is 2960. The summed E-state index contributed by atoms with van der Waals surface area (Å²) in [7, 11) is 0. The van der Waals surface area contributed by atoms with Crippen molar-refractivity contribution in [3.05, 3.63) is 176 Å². The van der Waals surface area contributed by atoms with Gasteiger partial charge in [0.05, 0.1) is 34.6 Å². The summed E-state index contributed by atoms with van der Waals surface area (Å²) in [5, 5.41) is 16.3. The molecule has 0 aliphatic heterocycles. The number of benzene rings is 7. The molecule has 0 saturated carbocycles. The van der Waals surface area contributed by atoms with Crippen LogP contribution in [0, 0.1) is 11.3 Å². The fourth-order valence-corrected chi connectivity index (χ4v) is 7.44. The van der Waals surface area contributed by atoms with E-state index in [9.17, 15) is 5.26 Å². The van der Waals surface area contributed by atoms with Gasteiger partial charge in [-0.2, -0.15) is 5.26 Å². The first-order valence-corrected chi connectivity index (χ1v) is 17.4. The average Bonchev–Trinajstić information content (AvgIpc) is 3.56. The molecule has 0 unspecified atom stereocenters. The van der Waals surface area contributed by atoms with Crippen LogP contribution in [0.4, 0.5) is 0 Å². The zero-order chi connectivity index (χ0) is 35.3. The van der Waals surface area contributed by atoms with Crippen molar-refractivity contribution in [2.45, 2.75) is 0 Å². The second-order valence-corrected chi connectivity index (χ2v) is 13.1. The van der Waals surface area contributed by atoms with Crippen molar-refractivity contribution in [1.82, 2.24) is 24.5 Å². The van der Waals surface area contributed by atoms with Crippen LogP contribution >= 0.6 is 0 Å². The van der Waals surface area contributed by atoms with Crippen LogP contribution in [0.1, 0.15) is 5.56 Å². The van der Waals surface area contributed by atoms with Crippen LogP contribution in [0.15, 0.2) is 170 Å². The number of nitriles is 1. The Morgan fingerprint density at radius 2 is 1.02 bits per heavy atom. The molecule has 0 spiro atoms. The summed E-state index contributed by atoms with van der Waals surface area (Å²) >= 11 is 0. The molecule has 0 bridgehead atoms. The maximum absolute atomic E-state index is 9.72. The third kappa shape index (κ3) is 5.19. The Morgan fingerprint density at radius 1 is 0.453 bits per heavy atom. The van der Waals surface area contributed by atoms with Crippen LogP contribution in [-0.2, 0) is 0 Å². The highest BCUT2D eigenvalue weighted by atomic mass is 15.0.